The lowest BCUT2D eigenvalue weighted by atomic mass is 9.98. The van der Waals surface area contributed by atoms with Gasteiger partial charge in [-0.2, -0.15) is 0 Å². The Morgan fingerprint density at radius 3 is 2.03 bits per heavy atom. The van der Waals surface area contributed by atoms with E-state index in [9.17, 15) is 9.59 Å². The molecular formula is C24H23N3O2S. The summed E-state index contributed by atoms with van der Waals surface area (Å²) in [6, 6.07) is 25.6. The summed E-state index contributed by atoms with van der Waals surface area (Å²) in [4.78, 5) is 25.0. The lowest BCUT2D eigenvalue weighted by Crippen LogP contribution is -2.48. The third-order valence-corrected chi connectivity index (χ3v) is 4.82. The molecule has 0 aliphatic carbocycles. The summed E-state index contributed by atoms with van der Waals surface area (Å²) in [7, 11) is 0. The molecule has 3 rings (SSSR count). The molecule has 0 aliphatic rings. The normalized spacial score (nSPS) is 11.2. The molecule has 152 valence electrons. The van der Waals surface area contributed by atoms with Crippen LogP contribution in [0.25, 0.3) is 0 Å². The highest BCUT2D eigenvalue weighted by Gasteiger charge is 2.18. The third-order valence-electron chi connectivity index (χ3n) is 4.60. The number of benzene rings is 3. The Bertz CT molecular complexity index is 1010. The minimum absolute atomic E-state index is 0.00319. The quantitative estimate of drug-likeness (QED) is 0.320. The monoisotopic (exact) mass is 417 g/mol. The first kappa shape index (κ1) is 21.2. The van der Waals surface area contributed by atoms with E-state index in [1.165, 1.54) is 0 Å². The van der Waals surface area contributed by atoms with Crippen LogP contribution in [0.5, 0.6) is 0 Å². The second-order valence-corrected chi connectivity index (χ2v) is 7.28. The number of hydrazine groups is 1. The minimum atomic E-state index is -0.338. The molecule has 5 nitrogen and oxygen atoms in total. The lowest BCUT2D eigenvalue weighted by molar-refractivity contribution is 0.0939. The van der Waals surface area contributed by atoms with Crippen LogP contribution in [0.3, 0.4) is 0 Å². The van der Waals surface area contributed by atoms with Crippen molar-refractivity contribution >= 4 is 29.0 Å². The molecule has 0 radical (unpaired) electrons. The zero-order valence-corrected chi connectivity index (χ0v) is 17.4. The van der Waals surface area contributed by atoms with E-state index in [4.69, 9.17) is 12.2 Å². The zero-order valence-electron chi connectivity index (χ0n) is 16.6. The average molecular weight is 418 g/mol. The molecule has 0 saturated carbocycles. The van der Waals surface area contributed by atoms with E-state index in [-0.39, 0.29) is 29.3 Å². The van der Waals surface area contributed by atoms with Gasteiger partial charge in [0.2, 0.25) is 0 Å². The molecule has 6 heteroatoms. The predicted molar refractivity (Wildman–Crippen MR) is 122 cm³/mol. The van der Waals surface area contributed by atoms with Gasteiger partial charge >= 0.3 is 0 Å². The SMILES string of the molecule is Cc1ccc(C(=O)NNC(=S)N[C@H](CC(=O)c2ccccc2)c2ccccc2)cc1. The van der Waals surface area contributed by atoms with E-state index < -0.39 is 0 Å². The number of amides is 1. The lowest BCUT2D eigenvalue weighted by Gasteiger charge is -2.21. The van der Waals surface area contributed by atoms with Crippen LogP contribution in [0.1, 0.15) is 44.3 Å². The fourth-order valence-corrected chi connectivity index (χ4v) is 3.14. The molecule has 0 bridgehead atoms. The Kier molecular flexibility index (Phi) is 7.29. The van der Waals surface area contributed by atoms with Gasteiger partial charge < -0.3 is 5.32 Å². The van der Waals surface area contributed by atoms with Gasteiger partial charge in [-0.3, -0.25) is 20.4 Å². The maximum Gasteiger partial charge on any atom is 0.269 e. The molecular weight excluding hydrogens is 394 g/mol. The molecule has 0 heterocycles. The van der Waals surface area contributed by atoms with E-state index in [0.29, 0.717) is 11.1 Å². The minimum Gasteiger partial charge on any atom is -0.354 e. The molecule has 1 atom stereocenters. The van der Waals surface area contributed by atoms with Gasteiger partial charge in [0, 0.05) is 17.5 Å². The first-order valence-electron chi connectivity index (χ1n) is 9.59. The maximum absolute atomic E-state index is 12.7. The highest BCUT2D eigenvalue weighted by molar-refractivity contribution is 7.80. The van der Waals surface area contributed by atoms with Crippen molar-refractivity contribution in [3.05, 3.63) is 107 Å². The van der Waals surface area contributed by atoms with Gasteiger partial charge in [-0.05, 0) is 36.8 Å². The highest BCUT2D eigenvalue weighted by Crippen LogP contribution is 2.19. The highest BCUT2D eigenvalue weighted by atomic mass is 32.1. The standard InChI is InChI=1S/C24H23N3O2S/c1-17-12-14-20(15-13-17)23(29)26-27-24(30)25-21(18-8-4-2-5-9-18)16-22(28)19-10-6-3-7-11-19/h2-15,21H,16H2,1H3,(H,26,29)(H2,25,27,30)/t21-/m1/s1. The maximum atomic E-state index is 12.7. The third kappa shape index (κ3) is 5.99. The summed E-state index contributed by atoms with van der Waals surface area (Å²) >= 11 is 5.34. The van der Waals surface area contributed by atoms with Gasteiger partial charge in [-0.15, -0.1) is 0 Å². The van der Waals surface area contributed by atoms with E-state index >= 15 is 0 Å². The molecule has 0 saturated heterocycles. The summed E-state index contributed by atoms with van der Waals surface area (Å²) in [5.74, 6) is -0.292. The van der Waals surface area contributed by atoms with Crippen LogP contribution in [0.2, 0.25) is 0 Å². The van der Waals surface area contributed by atoms with Crippen molar-refractivity contribution in [1.29, 1.82) is 0 Å². The van der Waals surface area contributed by atoms with Crippen LogP contribution in [-0.4, -0.2) is 16.8 Å². The first-order valence-corrected chi connectivity index (χ1v) is 10.0. The van der Waals surface area contributed by atoms with Crippen LogP contribution in [0.4, 0.5) is 0 Å². The van der Waals surface area contributed by atoms with Crippen molar-refractivity contribution in [3.63, 3.8) is 0 Å². The predicted octanol–water partition coefficient (Wildman–Crippen LogP) is 4.12. The molecule has 3 aromatic carbocycles. The van der Waals surface area contributed by atoms with Gasteiger partial charge in [0.25, 0.3) is 5.91 Å². The van der Waals surface area contributed by atoms with Crippen LogP contribution in [0.15, 0.2) is 84.9 Å². The largest absolute Gasteiger partial charge is 0.354 e. The molecule has 0 spiro atoms. The molecule has 0 unspecified atom stereocenters. The van der Waals surface area contributed by atoms with Crippen molar-refractivity contribution in [3.8, 4) is 0 Å². The molecule has 3 N–H and O–H groups in total. The molecule has 0 aliphatic heterocycles. The van der Waals surface area contributed by atoms with Crippen molar-refractivity contribution in [2.75, 3.05) is 0 Å². The Hall–Kier alpha value is -3.51. The van der Waals surface area contributed by atoms with Gasteiger partial charge in [-0.25, -0.2) is 0 Å². The second-order valence-electron chi connectivity index (χ2n) is 6.88. The summed E-state index contributed by atoms with van der Waals surface area (Å²) in [6.45, 7) is 1.96. The van der Waals surface area contributed by atoms with Crippen molar-refractivity contribution in [2.45, 2.75) is 19.4 Å². The number of nitrogens with one attached hydrogen (secondary N) is 3. The number of carbonyl (C=O) groups is 2. The summed E-state index contributed by atoms with van der Waals surface area (Å²) < 4.78 is 0. The molecule has 3 aromatic rings. The number of hydrogen-bond donors (Lipinski definition) is 3. The van der Waals surface area contributed by atoms with E-state index in [2.05, 4.69) is 16.2 Å². The van der Waals surface area contributed by atoms with Gasteiger partial charge in [0.1, 0.15) is 0 Å². The fourth-order valence-electron chi connectivity index (χ4n) is 2.95. The van der Waals surface area contributed by atoms with Gasteiger partial charge in [0.15, 0.2) is 10.9 Å². The number of Topliss-reactive ketones (excluding diaryl/α,β-unsaturated/α-hetero) is 1. The molecule has 1 amide bonds. The van der Waals surface area contributed by atoms with Crippen molar-refractivity contribution < 1.29 is 9.59 Å². The van der Waals surface area contributed by atoms with Crippen molar-refractivity contribution in [2.24, 2.45) is 0 Å². The molecule has 0 fully saturated rings. The number of ketones is 1. The fraction of sp³-hybridized carbons (Fsp3) is 0.125. The van der Waals surface area contributed by atoms with Gasteiger partial charge in [0.05, 0.1) is 6.04 Å². The Morgan fingerprint density at radius 1 is 0.800 bits per heavy atom. The average Bonchev–Trinajstić information content (AvgIpc) is 2.78. The summed E-state index contributed by atoms with van der Waals surface area (Å²) in [5, 5.41) is 3.36. The van der Waals surface area contributed by atoms with Gasteiger partial charge in [-0.1, -0.05) is 78.4 Å². The number of aryl methyl sites for hydroxylation is 1. The van der Waals surface area contributed by atoms with E-state index in [1.807, 2.05) is 67.6 Å². The number of rotatable bonds is 6. The van der Waals surface area contributed by atoms with Crippen LogP contribution < -0.4 is 16.2 Å². The Morgan fingerprint density at radius 2 is 1.40 bits per heavy atom. The van der Waals surface area contributed by atoms with Crippen LogP contribution in [0, 0.1) is 6.92 Å². The summed E-state index contributed by atoms with van der Waals surface area (Å²) in [6.07, 6.45) is 0.224. The van der Waals surface area contributed by atoms with E-state index in [0.717, 1.165) is 11.1 Å². The smallest absolute Gasteiger partial charge is 0.269 e. The van der Waals surface area contributed by atoms with Crippen molar-refractivity contribution in [1.82, 2.24) is 16.2 Å². The topological polar surface area (TPSA) is 70.2 Å². The zero-order chi connectivity index (χ0) is 21.3. The Labute approximate surface area is 181 Å². The summed E-state index contributed by atoms with van der Waals surface area (Å²) in [5.41, 5.74) is 8.47. The van der Waals surface area contributed by atoms with E-state index in [1.54, 1.807) is 24.3 Å². The Balaban J connectivity index is 1.63. The second kappa shape index (κ2) is 10.3. The first-order chi connectivity index (χ1) is 14.5. The number of hydrogen-bond acceptors (Lipinski definition) is 3. The molecule has 0 aromatic heterocycles. The number of carbonyl (C=O) groups excluding carboxylic acids is 2. The molecule has 30 heavy (non-hydrogen) atoms. The van der Waals surface area contributed by atoms with Crippen LogP contribution >= 0.6 is 12.2 Å². The van der Waals surface area contributed by atoms with Crippen LogP contribution in [-0.2, 0) is 0 Å². The number of thiocarbonyl (C=S) groups is 1.